The third kappa shape index (κ3) is 3.40. The second kappa shape index (κ2) is 6.47. The van der Waals surface area contributed by atoms with E-state index in [1.54, 1.807) is 0 Å². The number of halogens is 1. The number of methoxy groups -OCH3 is 2. The summed E-state index contributed by atoms with van der Waals surface area (Å²) in [4.78, 5) is 24.7. The van der Waals surface area contributed by atoms with Crippen LogP contribution in [0.4, 0.5) is 5.13 Å². The van der Waals surface area contributed by atoms with Gasteiger partial charge in [-0.15, -0.1) is 0 Å². The first kappa shape index (κ1) is 15.6. The van der Waals surface area contributed by atoms with Crippen LogP contribution in [-0.4, -0.2) is 35.1 Å². The molecule has 0 unspecified atom stereocenters. The van der Waals surface area contributed by atoms with Crippen molar-refractivity contribution < 1.29 is 14.3 Å². The van der Waals surface area contributed by atoms with E-state index in [0.717, 1.165) is 14.7 Å². The molecule has 3 aromatic rings. The van der Waals surface area contributed by atoms with E-state index in [2.05, 4.69) is 36.2 Å². The van der Waals surface area contributed by atoms with Crippen molar-refractivity contribution in [1.82, 2.24) is 15.0 Å². The molecule has 2 heterocycles. The molecule has 1 amide bonds. The highest BCUT2D eigenvalue weighted by Crippen LogP contribution is 2.28. The van der Waals surface area contributed by atoms with Crippen LogP contribution in [0.1, 0.15) is 10.5 Å². The molecule has 0 atom stereocenters. The SMILES string of the molecule is COc1cc(C(=O)Nc2nc3ccc(Br)cc3s2)nc(OC)n1. The molecule has 0 aliphatic heterocycles. The number of amides is 1. The molecule has 0 bridgehead atoms. The molecule has 3 rings (SSSR count). The molecule has 0 fully saturated rings. The molecular weight excluding hydrogens is 384 g/mol. The van der Waals surface area contributed by atoms with E-state index in [4.69, 9.17) is 9.47 Å². The van der Waals surface area contributed by atoms with E-state index in [9.17, 15) is 4.79 Å². The van der Waals surface area contributed by atoms with Crippen molar-refractivity contribution in [3.63, 3.8) is 0 Å². The summed E-state index contributed by atoms with van der Waals surface area (Å²) >= 11 is 4.78. The molecule has 9 heteroatoms. The lowest BCUT2D eigenvalue weighted by Crippen LogP contribution is -2.14. The fourth-order valence-corrected chi connectivity index (χ4v) is 3.24. The Bertz CT molecular complexity index is 861. The number of hydrogen-bond acceptors (Lipinski definition) is 7. The summed E-state index contributed by atoms with van der Waals surface area (Å²) in [5, 5.41) is 3.21. The summed E-state index contributed by atoms with van der Waals surface area (Å²) in [6, 6.07) is 7.21. The minimum atomic E-state index is -0.415. The number of carbonyl (C=O) groups is 1. The molecule has 1 N–H and O–H groups in total. The minimum Gasteiger partial charge on any atom is -0.481 e. The number of nitrogens with one attached hydrogen (secondary N) is 1. The van der Waals surface area contributed by atoms with Gasteiger partial charge in [0.2, 0.25) is 5.88 Å². The van der Waals surface area contributed by atoms with Crippen LogP contribution >= 0.6 is 27.3 Å². The average Bonchev–Trinajstić information content (AvgIpc) is 2.95. The van der Waals surface area contributed by atoms with Gasteiger partial charge >= 0.3 is 6.01 Å². The van der Waals surface area contributed by atoms with E-state index in [1.807, 2.05) is 18.2 Å². The Morgan fingerprint density at radius 2 is 2.00 bits per heavy atom. The lowest BCUT2D eigenvalue weighted by atomic mass is 10.3. The third-order valence-electron chi connectivity index (χ3n) is 2.88. The number of nitrogens with zero attached hydrogens (tertiary/aromatic N) is 3. The standard InChI is InChI=1S/C14H11BrN4O3S/c1-21-11-6-9(16-13(18-11)22-2)12(20)19-14-17-8-4-3-7(15)5-10(8)23-14/h3-6H,1-2H3,(H,17,19,20). The minimum absolute atomic E-state index is 0.0581. The fraction of sp³-hybridized carbons (Fsp3) is 0.143. The highest BCUT2D eigenvalue weighted by Gasteiger charge is 2.15. The van der Waals surface area contributed by atoms with Crippen molar-refractivity contribution in [2.75, 3.05) is 19.5 Å². The van der Waals surface area contributed by atoms with Gasteiger partial charge in [0.15, 0.2) is 5.13 Å². The van der Waals surface area contributed by atoms with Crippen molar-refractivity contribution in [2.24, 2.45) is 0 Å². The number of benzene rings is 1. The van der Waals surface area contributed by atoms with Crippen LogP contribution in [0, 0.1) is 0 Å². The van der Waals surface area contributed by atoms with E-state index < -0.39 is 5.91 Å². The van der Waals surface area contributed by atoms with Gasteiger partial charge in [0.25, 0.3) is 5.91 Å². The number of hydrogen-bond donors (Lipinski definition) is 1. The summed E-state index contributed by atoms with van der Waals surface area (Å²) in [6.45, 7) is 0. The van der Waals surface area contributed by atoms with Gasteiger partial charge in [0.05, 0.1) is 24.4 Å². The second-order valence-corrected chi connectivity index (χ2v) is 6.31. The van der Waals surface area contributed by atoms with Gasteiger partial charge in [-0.05, 0) is 18.2 Å². The number of ether oxygens (including phenoxy) is 2. The van der Waals surface area contributed by atoms with Gasteiger partial charge in [-0.25, -0.2) is 4.98 Å². The van der Waals surface area contributed by atoms with Crippen LogP contribution in [0.5, 0.6) is 11.9 Å². The smallest absolute Gasteiger partial charge is 0.320 e. The lowest BCUT2D eigenvalue weighted by Gasteiger charge is -2.05. The van der Waals surface area contributed by atoms with E-state index in [-0.39, 0.29) is 17.6 Å². The van der Waals surface area contributed by atoms with Crippen molar-refractivity contribution in [1.29, 1.82) is 0 Å². The summed E-state index contributed by atoms with van der Waals surface area (Å²) < 4.78 is 11.9. The van der Waals surface area contributed by atoms with Crippen LogP contribution in [0.15, 0.2) is 28.7 Å². The van der Waals surface area contributed by atoms with Crippen LogP contribution in [0.3, 0.4) is 0 Å². The number of thiazole rings is 1. The quantitative estimate of drug-likeness (QED) is 0.731. The summed E-state index contributed by atoms with van der Waals surface area (Å²) in [6.07, 6.45) is 0. The molecular formula is C14H11BrN4O3S. The van der Waals surface area contributed by atoms with Crippen molar-refractivity contribution in [2.45, 2.75) is 0 Å². The zero-order chi connectivity index (χ0) is 16.4. The van der Waals surface area contributed by atoms with Gasteiger partial charge in [-0.2, -0.15) is 9.97 Å². The highest BCUT2D eigenvalue weighted by atomic mass is 79.9. The number of fused-ring (bicyclic) bond motifs is 1. The van der Waals surface area contributed by atoms with Crippen LogP contribution in [0.25, 0.3) is 10.2 Å². The van der Waals surface area contributed by atoms with E-state index >= 15 is 0 Å². The largest absolute Gasteiger partial charge is 0.481 e. The molecule has 0 aliphatic carbocycles. The Labute approximate surface area is 143 Å². The Morgan fingerprint density at radius 1 is 1.17 bits per heavy atom. The Balaban J connectivity index is 1.88. The molecule has 0 spiro atoms. The van der Waals surface area contributed by atoms with Gasteiger partial charge in [-0.1, -0.05) is 27.3 Å². The van der Waals surface area contributed by atoms with E-state index in [1.165, 1.54) is 31.6 Å². The third-order valence-corrected chi connectivity index (χ3v) is 4.30. The maximum atomic E-state index is 12.3. The highest BCUT2D eigenvalue weighted by molar-refractivity contribution is 9.10. The molecule has 0 saturated carbocycles. The first-order valence-electron chi connectivity index (χ1n) is 6.43. The van der Waals surface area contributed by atoms with Crippen LogP contribution in [-0.2, 0) is 0 Å². The topological polar surface area (TPSA) is 86.2 Å². The van der Waals surface area contributed by atoms with Gasteiger partial charge in [0.1, 0.15) is 5.69 Å². The molecule has 1 aromatic carbocycles. The average molecular weight is 395 g/mol. The van der Waals surface area contributed by atoms with Gasteiger partial charge < -0.3 is 9.47 Å². The summed E-state index contributed by atoms with van der Waals surface area (Å²) in [5.74, 6) is -0.169. The summed E-state index contributed by atoms with van der Waals surface area (Å²) in [5.41, 5.74) is 0.945. The zero-order valence-electron chi connectivity index (χ0n) is 12.2. The normalized spacial score (nSPS) is 10.6. The number of anilines is 1. The Morgan fingerprint density at radius 3 is 2.74 bits per heavy atom. The van der Waals surface area contributed by atoms with Gasteiger partial charge in [-0.3, -0.25) is 10.1 Å². The van der Waals surface area contributed by atoms with Crippen LogP contribution in [0.2, 0.25) is 0 Å². The van der Waals surface area contributed by atoms with Crippen molar-refractivity contribution >= 4 is 48.5 Å². The summed E-state index contributed by atoms with van der Waals surface area (Å²) in [7, 11) is 2.87. The fourth-order valence-electron chi connectivity index (χ4n) is 1.83. The molecule has 23 heavy (non-hydrogen) atoms. The molecule has 118 valence electrons. The Hall–Kier alpha value is -2.26. The van der Waals surface area contributed by atoms with Crippen molar-refractivity contribution in [3.8, 4) is 11.9 Å². The number of rotatable bonds is 4. The maximum absolute atomic E-state index is 12.3. The predicted octanol–water partition coefficient (Wildman–Crippen LogP) is 3.12. The molecule has 7 nitrogen and oxygen atoms in total. The molecule has 0 aliphatic rings. The van der Waals surface area contributed by atoms with Crippen molar-refractivity contribution in [3.05, 3.63) is 34.4 Å². The predicted molar refractivity (Wildman–Crippen MR) is 90.4 cm³/mol. The van der Waals surface area contributed by atoms with E-state index in [0.29, 0.717) is 5.13 Å². The van der Waals surface area contributed by atoms with Gasteiger partial charge in [0, 0.05) is 10.5 Å². The Kier molecular flexibility index (Phi) is 4.39. The second-order valence-electron chi connectivity index (χ2n) is 4.37. The molecule has 2 aromatic heterocycles. The van der Waals surface area contributed by atoms with Crippen LogP contribution < -0.4 is 14.8 Å². The molecule has 0 saturated heterocycles. The monoisotopic (exact) mass is 394 g/mol. The first-order chi connectivity index (χ1) is 11.1. The number of carbonyl (C=O) groups excluding carboxylic acids is 1. The maximum Gasteiger partial charge on any atom is 0.320 e. The molecule has 0 radical (unpaired) electrons. The zero-order valence-corrected chi connectivity index (χ0v) is 14.6. The first-order valence-corrected chi connectivity index (χ1v) is 8.04. The lowest BCUT2D eigenvalue weighted by molar-refractivity contribution is 0.102. The number of aromatic nitrogens is 3.